The number of hydroxylamine groups is 1. The Morgan fingerprint density at radius 2 is 1.76 bits per heavy atom. The predicted molar refractivity (Wildman–Crippen MR) is 104 cm³/mol. The fourth-order valence-electron chi connectivity index (χ4n) is 2.99. The minimum absolute atomic E-state index is 0.0229. The van der Waals surface area contributed by atoms with E-state index in [1.165, 1.54) is 5.06 Å². The van der Waals surface area contributed by atoms with Crippen molar-refractivity contribution < 1.29 is 28.7 Å². The Bertz CT molecular complexity index is 897. The molecule has 2 aromatic carbocycles. The fraction of sp³-hybridized carbons (Fsp3) is 0.286. The third kappa shape index (κ3) is 4.87. The minimum Gasteiger partial charge on any atom is -0.464 e. The van der Waals surface area contributed by atoms with Crippen molar-refractivity contribution in [3.05, 3.63) is 71.8 Å². The van der Waals surface area contributed by atoms with E-state index in [9.17, 15) is 15.1 Å². The molecular formula is C21H21N3O5. The number of anilines is 1. The normalized spacial score (nSPS) is 18.0. The molecule has 1 heterocycles. The molecule has 0 saturated carbocycles. The number of rotatable bonds is 7. The van der Waals surface area contributed by atoms with Crippen molar-refractivity contribution in [1.29, 1.82) is 0 Å². The Morgan fingerprint density at radius 3 is 2.38 bits per heavy atom. The van der Waals surface area contributed by atoms with Gasteiger partial charge >= 0.3 is 17.7 Å². The van der Waals surface area contributed by atoms with Gasteiger partial charge in [0.05, 0.1) is 12.3 Å². The molecular weight excluding hydrogens is 374 g/mol. The molecule has 8 nitrogen and oxygen atoms in total. The summed E-state index contributed by atoms with van der Waals surface area (Å²) in [6.07, 6.45) is -0.883. The first kappa shape index (κ1) is 20.3. The Balaban J connectivity index is 1.75. The summed E-state index contributed by atoms with van der Waals surface area (Å²) in [7, 11) is 0. The Morgan fingerprint density at radius 1 is 1.10 bits per heavy atom. The van der Waals surface area contributed by atoms with Crippen LogP contribution in [0.1, 0.15) is 18.9 Å². The van der Waals surface area contributed by atoms with Crippen LogP contribution in [-0.4, -0.2) is 41.2 Å². The number of carbonyl (C=O) groups excluding carboxylic acids is 2. The molecule has 0 unspecified atom stereocenters. The second-order valence-electron chi connectivity index (χ2n) is 6.31. The molecule has 0 aliphatic carbocycles. The van der Waals surface area contributed by atoms with Crippen LogP contribution in [0.2, 0.25) is 0 Å². The van der Waals surface area contributed by atoms with Gasteiger partial charge in [-0.25, -0.2) is 14.7 Å². The van der Waals surface area contributed by atoms with Crippen LogP contribution in [0, 0.1) is 0 Å². The summed E-state index contributed by atoms with van der Waals surface area (Å²) < 4.78 is 10.4. The van der Waals surface area contributed by atoms with Gasteiger partial charge in [0.1, 0.15) is 6.61 Å². The topological polar surface area (TPSA) is 101 Å². The van der Waals surface area contributed by atoms with E-state index >= 15 is 0 Å². The molecule has 2 atom stereocenters. The van der Waals surface area contributed by atoms with Crippen molar-refractivity contribution in [2.45, 2.75) is 32.1 Å². The average molecular weight is 395 g/mol. The molecule has 0 radical (unpaired) electrons. The molecule has 29 heavy (non-hydrogen) atoms. The largest absolute Gasteiger partial charge is 0.464 e. The van der Waals surface area contributed by atoms with Crippen LogP contribution in [0.5, 0.6) is 0 Å². The van der Waals surface area contributed by atoms with E-state index in [0.717, 1.165) is 5.56 Å². The van der Waals surface area contributed by atoms with Gasteiger partial charge in [0.25, 0.3) is 0 Å². The maximum Gasteiger partial charge on any atom is 0.420 e. The standard InChI is InChI=1S/C21H21N3O5/c1-2-27-20(25)17-13-18(29-24(17)16-11-7-4-8-12-16)19(23-22)21(26)28-14-15-9-5-3-6-10-15/h3-12,17-18H,2,13-14H2,1H3/t17-,18+/m1/s1. The second-order valence-corrected chi connectivity index (χ2v) is 6.31. The van der Waals surface area contributed by atoms with Crippen LogP contribution in [-0.2, 0) is 30.5 Å². The number of benzene rings is 2. The van der Waals surface area contributed by atoms with Gasteiger partial charge in [-0.3, -0.25) is 4.84 Å². The lowest BCUT2D eigenvalue weighted by Crippen LogP contribution is -2.36. The first-order valence-electron chi connectivity index (χ1n) is 9.24. The summed E-state index contributed by atoms with van der Waals surface area (Å²) in [5.41, 5.74) is 10.5. The van der Waals surface area contributed by atoms with E-state index in [1.807, 2.05) is 36.4 Å². The van der Waals surface area contributed by atoms with Crippen LogP contribution in [0.15, 0.2) is 60.7 Å². The zero-order chi connectivity index (χ0) is 20.6. The average Bonchev–Trinajstić information content (AvgIpc) is 3.19. The van der Waals surface area contributed by atoms with Crippen LogP contribution >= 0.6 is 0 Å². The number of esters is 2. The van der Waals surface area contributed by atoms with Gasteiger partial charge in [-0.1, -0.05) is 48.5 Å². The number of hydrogen-bond donors (Lipinski definition) is 0. The van der Waals surface area contributed by atoms with E-state index in [0.29, 0.717) is 5.69 Å². The van der Waals surface area contributed by atoms with E-state index in [1.54, 1.807) is 31.2 Å². The second kappa shape index (κ2) is 9.64. The summed E-state index contributed by atoms with van der Waals surface area (Å²) in [5, 5.41) is 1.37. The van der Waals surface area contributed by atoms with Gasteiger partial charge in [0, 0.05) is 6.42 Å². The van der Waals surface area contributed by atoms with Crippen molar-refractivity contribution in [3.63, 3.8) is 0 Å². The number of nitrogens with zero attached hydrogens (tertiary/aromatic N) is 3. The molecule has 2 aromatic rings. The molecule has 1 fully saturated rings. The maximum absolute atomic E-state index is 12.5. The van der Waals surface area contributed by atoms with Gasteiger partial charge in [0.2, 0.25) is 0 Å². The number of para-hydroxylation sites is 1. The molecule has 0 aromatic heterocycles. The highest BCUT2D eigenvalue weighted by Gasteiger charge is 2.48. The summed E-state index contributed by atoms with van der Waals surface area (Å²) in [6, 6.07) is 17.3. The van der Waals surface area contributed by atoms with E-state index in [4.69, 9.17) is 14.3 Å². The van der Waals surface area contributed by atoms with Crippen molar-refractivity contribution in [2.75, 3.05) is 11.7 Å². The van der Waals surface area contributed by atoms with Crippen LogP contribution in [0.4, 0.5) is 5.69 Å². The van der Waals surface area contributed by atoms with Crippen molar-refractivity contribution in [2.24, 2.45) is 0 Å². The monoisotopic (exact) mass is 395 g/mol. The molecule has 1 aliphatic rings. The highest BCUT2D eigenvalue weighted by Crippen LogP contribution is 2.29. The van der Waals surface area contributed by atoms with Gasteiger partial charge in [-0.05, 0) is 24.6 Å². The van der Waals surface area contributed by atoms with Gasteiger partial charge in [-0.2, -0.15) is 4.79 Å². The molecule has 8 heteroatoms. The Hall–Kier alpha value is -3.48. The van der Waals surface area contributed by atoms with Crippen molar-refractivity contribution in [1.82, 2.24) is 0 Å². The summed E-state index contributed by atoms with van der Waals surface area (Å²) in [5.74, 6) is -1.31. The Labute approximate surface area is 168 Å². The molecule has 0 N–H and O–H groups in total. The smallest absolute Gasteiger partial charge is 0.420 e. The van der Waals surface area contributed by atoms with E-state index < -0.39 is 24.1 Å². The number of ether oxygens (including phenoxy) is 2. The highest BCUT2D eigenvalue weighted by atomic mass is 16.7. The molecule has 3 rings (SSSR count). The molecule has 0 bridgehead atoms. The third-order valence-electron chi connectivity index (χ3n) is 4.37. The van der Waals surface area contributed by atoms with Crippen LogP contribution in [0.25, 0.3) is 5.53 Å². The number of hydrogen-bond acceptors (Lipinski definition) is 6. The summed E-state index contributed by atoms with van der Waals surface area (Å²) in [4.78, 5) is 33.7. The predicted octanol–water partition coefficient (Wildman–Crippen LogP) is 2.54. The fourth-order valence-corrected chi connectivity index (χ4v) is 2.99. The van der Waals surface area contributed by atoms with Crippen molar-refractivity contribution in [3.8, 4) is 0 Å². The lowest BCUT2D eigenvalue weighted by molar-refractivity contribution is -0.145. The zero-order valence-corrected chi connectivity index (χ0v) is 15.9. The first-order chi connectivity index (χ1) is 14.1. The minimum atomic E-state index is -0.960. The first-order valence-corrected chi connectivity index (χ1v) is 9.24. The Kier molecular flexibility index (Phi) is 6.73. The highest BCUT2D eigenvalue weighted by molar-refractivity contribution is 6.35. The van der Waals surface area contributed by atoms with E-state index in [-0.39, 0.29) is 25.3 Å². The van der Waals surface area contributed by atoms with Gasteiger partial charge < -0.3 is 15.0 Å². The third-order valence-corrected chi connectivity index (χ3v) is 4.37. The van der Waals surface area contributed by atoms with Gasteiger partial charge in [-0.15, -0.1) is 0 Å². The maximum atomic E-state index is 12.5. The quantitative estimate of drug-likeness (QED) is 0.309. The molecule has 0 amide bonds. The molecule has 1 saturated heterocycles. The van der Waals surface area contributed by atoms with Crippen LogP contribution < -0.4 is 5.06 Å². The van der Waals surface area contributed by atoms with Crippen molar-refractivity contribution >= 4 is 23.3 Å². The molecule has 1 aliphatic heterocycles. The SMILES string of the molecule is CCOC(=O)[C@H]1C[C@@H](C(=[N+]=[N-])C(=O)OCc2ccccc2)ON1c1ccccc1. The zero-order valence-electron chi connectivity index (χ0n) is 15.9. The molecule has 0 spiro atoms. The lowest BCUT2D eigenvalue weighted by atomic mass is 10.1. The van der Waals surface area contributed by atoms with Gasteiger partial charge in [0.15, 0.2) is 12.1 Å². The summed E-state index contributed by atoms with van der Waals surface area (Å²) >= 11 is 0. The molecule has 150 valence electrons. The summed E-state index contributed by atoms with van der Waals surface area (Å²) in [6.45, 7) is 1.94. The van der Waals surface area contributed by atoms with E-state index in [2.05, 4.69) is 4.79 Å². The number of carbonyl (C=O) groups is 2. The van der Waals surface area contributed by atoms with Crippen LogP contribution in [0.3, 0.4) is 0 Å². The lowest BCUT2D eigenvalue weighted by Gasteiger charge is -2.22.